The van der Waals surface area contributed by atoms with E-state index in [9.17, 15) is 0 Å². The normalized spacial score (nSPS) is 24.4. The first-order valence-corrected chi connectivity index (χ1v) is 5.63. The van der Waals surface area contributed by atoms with Crippen molar-refractivity contribution in [1.29, 1.82) is 0 Å². The number of fused-ring (bicyclic) bond motifs is 1. The quantitative estimate of drug-likeness (QED) is 0.829. The zero-order chi connectivity index (χ0) is 11.1. The highest BCUT2D eigenvalue weighted by molar-refractivity contribution is 5.86. The Labute approximate surface area is 93.9 Å². The molecule has 1 fully saturated rings. The Balaban J connectivity index is 1.91. The zero-order valence-electron chi connectivity index (χ0n) is 9.51. The first-order chi connectivity index (χ1) is 7.74. The number of aromatic nitrogens is 4. The van der Waals surface area contributed by atoms with Crippen LogP contribution < -0.4 is 5.32 Å². The summed E-state index contributed by atoms with van der Waals surface area (Å²) < 4.78 is 1.77. The number of nitrogens with zero attached hydrogens (tertiary/aromatic N) is 4. The van der Waals surface area contributed by atoms with Crippen molar-refractivity contribution in [2.75, 3.05) is 5.32 Å². The van der Waals surface area contributed by atoms with E-state index in [-0.39, 0.29) is 0 Å². The van der Waals surface area contributed by atoms with Crippen LogP contribution in [0.4, 0.5) is 5.82 Å². The molecule has 0 bridgehead atoms. The average molecular weight is 217 g/mol. The Morgan fingerprint density at radius 2 is 2.19 bits per heavy atom. The molecule has 0 saturated heterocycles. The number of rotatable bonds is 2. The number of aryl methyl sites for hydroxylation is 1. The van der Waals surface area contributed by atoms with Crippen LogP contribution in [-0.4, -0.2) is 25.8 Å². The summed E-state index contributed by atoms with van der Waals surface area (Å²) in [5.74, 6) is 1.75. The van der Waals surface area contributed by atoms with Crippen molar-refractivity contribution in [1.82, 2.24) is 19.7 Å². The highest BCUT2D eigenvalue weighted by Gasteiger charge is 2.26. The number of hydrogen-bond acceptors (Lipinski definition) is 4. The molecule has 0 aliphatic heterocycles. The SMILES string of the molecule is CC1CC(Nc2ncnc3c2cnn3C)C1. The monoisotopic (exact) mass is 217 g/mol. The molecular weight excluding hydrogens is 202 g/mol. The van der Waals surface area contributed by atoms with E-state index in [1.54, 1.807) is 11.0 Å². The van der Waals surface area contributed by atoms with Gasteiger partial charge in [0.25, 0.3) is 0 Å². The van der Waals surface area contributed by atoms with Crippen LogP contribution in [0.5, 0.6) is 0 Å². The van der Waals surface area contributed by atoms with Crippen LogP contribution in [0.2, 0.25) is 0 Å². The summed E-state index contributed by atoms with van der Waals surface area (Å²) in [7, 11) is 1.89. The van der Waals surface area contributed by atoms with Crippen LogP contribution in [0.15, 0.2) is 12.5 Å². The molecule has 0 aromatic carbocycles. The van der Waals surface area contributed by atoms with Crippen molar-refractivity contribution in [3.63, 3.8) is 0 Å². The summed E-state index contributed by atoms with van der Waals surface area (Å²) in [6.07, 6.45) is 5.87. The van der Waals surface area contributed by atoms with Gasteiger partial charge >= 0.3 is 0 Å². The van der Waals surface area contributed by atoms with Gasteiger partial charge in [-0.2, -0.15) is 5.10 Å². The molecule has 5 heteroatoms. The Kier molecular flexibility index (Phi) is 2.05. The minimum Gasteiger partial charge on any atom is -0.367 e. The zero-order valence-corrected chi connectivity index (χ0v) is 9.51. The minimum absolute atomic E-state index is 0.563. The molecule has 1 N–H and O–H groups in total. The topological polar surface area (TPSA) is 55.6 Å². The van der Waals surface area contributed by atoms with Crippen molar-refractivity contribution >= 4 is 16.9 Å². The van der Waals surface area contributed by atoms with Crippen LogP contribution in [0, 0.1) is 5.92 Å². The summed E-state index contributed by atoms with van der Waals surface area (Å²) >= 11 is 0. The van der Waals surface area contributed by atoms with E-state index < -0.39 is 0 Å². The lowest BCUT2D eigenvalue weighted by atomic mass is 9.82. The van der Waals surface area contributed by atoms with Crippen LogP contribution >= 0.6 is 0 Å². The van der Waals surface area contributed by atoms with Gasteiger partial charge in [0.2, 0.25) is 0 Å². The Bertz CT molecular complexity index is 512. The van der Waals surface area contributed by atoms with E-state index in [0.717, 1.165) is 22.8 Å². The summed E-state index contributed by atoms with van der Waals surface area (Å²) in [5, 5.41) is 8.66. The molecule has 1 saturated carbocycles. The molecule has 0 spiro atoms. The van der Waals surface area contributed by atoms with E-state index in [2.05, 4.69) is 27.3 Å². The van der Waals surface area contributed by atoms with Gasteiger partial charge in [0.15, 0.2) is 5.65 Å². The maximum Gasteiger partial charge on any atom is 0.163 e. The van der Waals surface area contributed by atoms with E-state index in [0.29, 0.717) is 6.04 Å². The fourth-order valence-electron chi connectivity index (χ4n) is 2.29. The molecule has 0 atom stereocenters. The molecule has 1 aliphatic carbocycles. The molecule has 3 rings (SSSR count). The van der Waals surface area contributed by atoms with E-state index in [4.69, 9.17) is 0 Å². The van der Waals surface area contributed by atoms with E-state index in [1.165, 1.54) is 12.8 Å². The van der Waals surface area contributed by atoms with Gasteiger partial charge in [-0.3, -0.25) is 4.68 Å². The van der Waals surface area contributed by atoms with Crippen molar-refractivity contribution in [3.05, 3.63) is 12.5 Å². The standard InChI is InChI=1S/C11H15N5/c1-7-3-8(4-7)15-10-9-5-14-16(2)11(9)13-6-12-10/h5-8H,3-4H2,1-2H3,(H,12,13,15). The predicted molar refractivity (Wildman–Crippen MR) is 62.1 cm³/mol. The van der Waals surface area contributed by atoms with Gasteiger partial charge in [-0.05, 0) is 18.8 Å². The molecule has 16 heavy (non-hydrogen) atoms. The van der Waals surface area contributed by atoms with Crippen LogP contribution in [0.3, 0.4) is 0 Å². The van der Waals surface area contributed by atoms with Crippen LogP contribution in [0.25, 0.3) is 11.0 Å². The lowest BCUT2D eigenvalue weighted by Crippen LogP contribution is -2.34. The van der Waals surface area contributed by atoms with Gasteiger partial charge in [-0.25, -0.2) is 9.97 Å². The first kappa shape index (κ1) is 9.57. The summed E-state index contributed by atoms with van der Waals surface area (Å²) in [5.41, 5.74) is 0.880. The molecule has 2 heterocycles. The van der Waals surface area contributed by atoms with Gasteiger partial charge in [0, 0.05) is 13.1 Å². The van der Waals surface area contributed by atoms with E-state index >= 15 is 0 Å². The second kappa shape index (κ2) is 3.43. The third kappa shape index (κ3) is 1.43. The lowest BCUT2D eigenvalue weighted by Gasteiger charge is -2.33. The highest BCUT2D eigenvalue weighted by atomic mass is 15.3. The van der Waals surface area contributed by atoms with Gasteiger partial charge in [0.1, 0.15) is 12.1 Å². The van der Waals surface area contributed by atoms with Crippen molar-refractivity contribution in [2.24, 2.45) is 13.0 Å². The molecule has 0 radical (unpaired) electrons. The molecular formula is C11H15N5. The van der Waals surface area contributed by atoms with Crippen molar-refractivity contribution in [3.8, 4) is 0 Å². The summed E-state index contributed by atoms with van der Waals surface area (Å²) in [6.45, 7) is 2.28. The highest BCUT2D eigenvalue weighted by Crippen LogP contribution is 2.30. The largest absolute Gasteiger partial charge is 0.367 e. The Hall–Kier alpha value is -1.65. The third-order valence-electron chi connectivity index (χ3n) is 3.24. The van der Waals surface area contributed by atoms with Crippen LogP contribution in [0.1, 0.15) is 19.8 Å². The first-order valence-electron chi connectivity index (χ1n) is 5.63. The third-order valence-corrected chi connectivity index (χ3v) is 3.24. The molecule has 0 amide bonds. The van der Waals surface area contributed by atoms with Crippen LogP contribution in [-0.2, 0) is 7.05 Å². The minimum atomic E-state index is 0.563. The molecule has 1 aliphatic rings. The van der Waals surface area contributed by atoms with E-state index in [1.807, 2.05) is 13.2 Å². The van der Waals surface area contributed by atoms with Gasteiger partial charge in [-0.1, -0.05) is 6.92 Å². The van der Waals surface area contributed by atoms with Gasteiger partial charge < -0.3 is 5.32 Å². The summed E-state index contributed by atoms with van der Waals surface area (Å²) in [4.78, 5) is 8.51. The molecule has 5 nitrogen and oxygen atoms in total. The number of hydrogen-bond donors (Lipinski definition) is 1. The van der Waals surface area contributed by atoms with Gasteiger partial charge in [-0.15, -0.1) is 0 Å². The molecule has 0 unspecified atom stereocenters. The van der Waals surface area contributed by atoms with Gasteiger partial charge in [0.05, 0.1) is 11.6 Å². The Morgan fingerprint density at radius 1 is 1.38 bits per heavy atom. The van der Waals surface area contributed by atoms with Crippen molar-refractivity contribution in [2.45, 2.75) is 25.8 Å². The number of anilines is 1. The lowest BCUT2D eigenvalue weighted by molar-refractivity contribution is 0.309. The van der Waals surface area contributed by atoms with Crippen molar-refractivity contribution < 1.29 is 0 Å². The average Bonchev–Trinajstić information content (AvgIpc) is 2.60. The second-order valence-corrected chi connectivity index (χ2v) is 4.65. The summed E-state index contributed by atoms with van der Waals surface area (Å²) in [6, 6.07) is 0.563. The maximum atomic E-state index is 4.29. The Morgan fingerprint density at radius 3 is 2.94 bits per heavy atom. The second-order valence-electron chi connectivity index (χ2n) is 4.65. The fraction of sp³-hybridized carbons (Fsp3) is 0.545. The fourth-order valence-corrected chi connectivity index (χ4v) is 2.29. The predicted octanol–water partition coefficient (Wildman–Crippen LogP) is 1.57. The maximum absolute atomic E-state index is 4.29. The molecule has 84 valence electrons. The molecule has 2 aromatic heterocycles. The number of nitrogens with one attached hydrogen (secondary N) is 1. The molecule has 2 aromatic rings. The smallest absolute Gasteiger partial charge is 0.163 e.